The first-order valence-electron chi connectivity index (χ1n) is 12.5. The van der Waals surface area contributed by atoms with E-state index in [4.69, 9.17) is 5.41 Å². The predicted molar refractivity (Wildman–Crippen MR) is 144 cm³/mol. The Morgan fingerprint density at radius 3 is 2.18 bits per heavy atom. The van der Waals surface area contributed by atoms with E-state index in [0.29, 0.717) is 11.7 Å². The van der Waals surface area contributed by atoms with E-state index in [1.54, 1.807) is 0 Å². The van der Waals surface area contributed by atoms with E-state index in [2.05, 4.69) is 74.0 Å². The maximum absolute atomic E-state index is 8.53. The van der Waals surface area contributed by atoms with Gasteiger partial charge in [-0.3, -0.25) is 5.41 Å². The molecule has 3 rings (SSSR count). The monoisotopic (exact) mass is 451 g/mol. The van der Waals surface area contributed by atoms with Crippen molar-refractivity contribution in [3.05, 3.63) is 58.4 Å². The summed E-state index contributed by atoms with van der Waals surface area (Å²) in [5, 5.41) is 11.8. The SMILES string of the molecule is CC.CC(C)=C1CCCc2cnc(Nc3ccc(C)cc3)nc2C1=N.CCCN(C)CCC. The maximum Gasteiger partial charge on any atom is 0.227 e. The Kier molecular flexibility index (Phi) is 13.2. The molecule has 0 atom stereocenters. The number of anilines is 2. The Hall–Kier alpha value is -2.53. The second-order valence-corrected chi connectivity index (χ2v) is 8.57. The largest absolute Gasteiger partial charge is 0.324 e. The van der Waals surface area contributed by atoms with Gasteiger partial charge in [0.05, 0.1) is 11.4 Å². The summed E-state index contributed by atoms with van der Waals surface area (Å²) in [5.74, 6) is 0.548. The highest BCUT2D eigenvalue weighted by Gasteiger charge is 2.20. The van der Waals surface area contributed by atoms with Gasteiger partial charge in [0.2, 0.25) is 5.95 Å². The molecule has 2 aromatic rings. The highest BCUT2D eigenvalue weighted by atomic mass is 15.1. The van der Waals surface area contributed by atoms with Crippen LogP contribution >= 0.6 is 0 Å². The standard InChI is InChI=1S/C19H22N4.C7H17N.C2H6/c1-12(2)16-6-4-5-14-11-21-19(23-18(14)17(16)20)22-15-9-7-13(3)8-10-15;1-4-6-8(3)7-5-2;1-2/h7-11,20H,4-6H2,1-3H3,(H,21,22,23);4-7H2,1-3H3;1-2H3. The Bertz CT molecular complexity index is 874. The Labute approximate surface area is 202 Å². The smallest absolute Gasteiger partial charge is 0.227 e. The van der Waals surface area contributed by atoms with Crippen molar-refractivity contribution < 1.29 is 0 Å². The van der Waals surface area contributed by atoms with E-state index in [1.165, 1.54) is 37.1 Å². The van der Waals surface area contributed by atoms with Crippen LogP contribution in [0.15, 0.2) is 41.6 Å². The second-order valence-electron chi connectivity index (χ2n) is 8.57. The third-order valence-corrected chi connectivity index (χ3v) is 5.40. The normalized spacial score (nSPS) is 12.6. The summed E-state index contributed by atoms with van der Waals surface area (Å²) in [6.45, 7) is 17.1. The van der Waals surface area contributed by atoms with Crippen molar-refractivity contribution in [2.75, 3.05) is 25.5 Å². The third-order valence-electron chi connectivity index (χ3n) is 5.40. The molecule has 0 unspecified atom stereocenters. The minimum Gasteiger partial charge on any atom is -0.324 e. The molecule has 1 aromatic carbocycles. The van der Waals surface area contributed by atoms with Crippen LogP contribution in [0.2, 0.25) is 0 Å². The van der Waals surface area contributed by atoms with E-state index in [-0.39, 0.29) is 0 Å². The summed E-state index contributed by atoms with van der Waals surface area (Å²) in [7, 11) is 2.17. The van der Waals surface area contributed by atoms with E-state index < -0.39 is 0 Å². The molecule has 0 amide bonds. The number of allylic oxidation sites excluding steroid dienone is 2. The molecule has 0 fully saturated rings. The number of aryl methyl sites for hydroxylation is 2. The third kappa shape index (κ3) is 9.47. The first-order valence-corrected chi connectivity index (χ1v) is 12.5. The molecule has 1 aromatic heterocycles. The van der Waals surface area contributed by atoms with Crippen molar-refractivity contribution in [3.63, 3.8) is 0 Å². The zero-order valence-corrected chi connectivity index (χ0v) is 22.2. The van der Waals surface area contributed by atoms with Crippen molar-refractivity contribution in [2.24, 2.45) is 0 Å². The summed E-state index contributed by atoms with van der Waals surface area (Å²) < 4.78 is 0. The van der Waals surface area contributed by atoms with Crippen LogP contribution in [0.3, 0.4) is 0 Å². The van der Waals surface area contributed by atoms with Gasteiger partial charge in [-0.05, 0) is 96.3 Å². The first-order chi connectivity index (χ1) is 15.8. The van der Waals surface area contributed by atoms with Crippen molar-refractivity contribution in [1.29, 1.82) is 5.41 Å². The number of hydrogen-bond donors (Lipinski definition) is 2. The highest BCUT2D eigenvalue weighted by molar-refractivity contribution is 6.11. The van der Waals surface area contributed by atoms with Gasteiger partial charge in [0.1, 0.15) is 0 Å². The fourth-order valence-corrected chi connectivity index (χ4v) is 3.73. The molecule has 1 aliphatic carbocycles. The molecule has 1 heterocycles. The van der Waals surface area contributed by atoms with Crippen LogP contribution in [0.25, 0.3) is 0 Å². The van der Waals surface area contributed by atoms with E-state index >= 15 is 0 Å². The number of fused-ring (bicyclic) bond motifs is 1. The van der Waals surface area contributed by atoms with Gasteiger partial charge < -0.3 is 10.2 Å². The zero-order valence-electron chi connectivity index (χ0n) is 22.2. The minimum atomic E-state index is 0.548. The predicted octanol–water partition coefficient (Wildman–Crippen LogP) is 7.33. The fraction of sp³-hybridized carbons (Fsp3) is 0.536. The van der Waals surface area contributed by atoms with Gasteiger partial charge in [0.25, 0.3) is 0 Å². The average Bonchev–Trinajstić information content (AvgIpc) is 2.96. The van der Waals surface area contributed by atoms with Crippen molar-refractivity contribution in [1.82, 2.24) is 14.9 Å². The molecule has 0 aliphatic heterocycles. The van der Waals surface area contributed by atoms with Crippen LogP contribution < -0.4 is 5.32 Å². The van der Waals surface area contributed by atoms with E-state index in [9.17, 15) is 0 Å². The fourth-order valence-electron chi connectivity index (χ4n) is 3.73. The highest BCUT2D eigenvalue weighted by Crippen LogP contribution is 2.26. The number of rotatable bonds is 6. The summed E-state index contributed by atoms with van der Waals surface area (Å²) in [6, 6.07) is 8.12. The summed E-state index contributed by atoms with van der Waals surface area (Å²) in [6.07, 6.45) is 7.33. The quantitative estimate of drug-likeness (QED) is 0.451. The topological polar surface area (TPSA) is 64.9 Å². The van der Waals surface area contributed by atoms with Crippen LogP contribution in [0.5, 0.6) is 0 Å². The molecule has 0 bridgehead atoms. The van der Waals surface area contributed by atoms with Crippen LogP contribution in [0.1, 0.15) is 84.0 Å². The second kappa shape index (κ2) is 15.3. The van der Waals surface area contributed by atoms with E-state index in [1.807, 2.05) is 32.2 Å². The lowest BCUT2D eigenvalue weighted by Crippen LogP contribution is -2.19. The summed E-state index contributed by atoms with van der Waals surface area (Å²) in [4.78, 5) is 11.4. The summed E-state index contributed by atoms with van der Waals surface area (Å²) >= 11 is 0. The van der Waals surface area contributed by atoms with Gasteiger partial charge in [0.15, 0.2) is 0 Å². The van der Waals surface area contributed by atoms with Crippen LogP contribution in [0.4, 0.5) is 11.6 Å². The Morgan fingerprint density at radius 1 is 1.03 bits per heavy atom. The zero-order chi connectivity index (χ0) is 24.8. The molecule has 0 saturated heterocycles. The molecule has 1 aliphatic rings. The van der Waals surface area contributed by atoms with Crippen LogP contribution in [0, 0.1) is 12.3 Å². The van der Waals surface area contributed by atoms with Crippen molar-refractivity contribution in [3.8, 4) is 0 Å². The van der Waals surface area contributed by atoms with Gasteiger partial charge >= 0.3 is 0 Å². The van der Waals surface area contributed by atoms with Crippen LogP contribution in [-0.2, 0) is 6.42 Å². The van der Waals surface area contributed by atoms with Crippen molar-refractivity contribution >= 4 is 17.3 Å². The van der Waals surface area contributed by atoms with Gasteiger partial charge in [0, 0.05) is 11.9 Å². The number of nitrogens with zero attached hydrogens (tertiary/aromatic N) is 3. The van der Waals surface area contributed by atoms with E-state index in [0.717, 1.165) is 41.8 Å². The first kappa shape index (κ1) is 28.5. The molecule has 0 saturated carbocycles. The van der Waals surface area contributed by atoms with Gasteiger partial charge in [-0.25, -0.2) is 9.97 Å². The number of benzene rings is 1. The van der Waals surface area contributed by atoms with Crippen molar-refractivity contribution in [2.45, 2.75) is 80.6 Å². The number of nitrogens with one attached hydrogen (secondary N) is 2. The summed E-state index contributed by atoms with van der Waals surface area (Å²) in [5.41, 5.74) is 6.88. The Morgan fingerprint density at radius 2 is 1.64 bits per heavy atom. The molecule has 5 heteroatoms. The molecule has 5 nitrogen and oxygen atoms in total. The maximum atomic E-state index is 8.53. The molecule has 33 heavy (non-hydrogen) atoms. The van der Waals surface area contributed by atoms with Gasteiger partial charge in [-0.15, -0.1) is 0 Å². The average molecular weight is 452 g/mol. The van der Waals surface area contributed by atoms with Crippen LogP contribution in [-0.4, -0.2) is 40.7 Å². The molecule has 0 radical (unpaired) electrons. The number of aromatic nitrogens is 2. The van der Waals surface area contributed by atoms with Gasteiger partial charge in [-0.1, -0.05) is 51.0 Å². The lowest BCUT2D eigenvalue weighted by Gasteiger charge is -2.12. The molecule has 2 N–H and O–H groups in total. The molecular weight excluding hydrogens is 406 g/mol. The molecule has 0 spiro atoms. The number of hydrogen-bond acceptors (Lipinski definition) is 5. The minimum absolute atomic E-state index is 0.548. The lowest BCUT2D eigenvalue weighted by atomic mass is 10.0. The molecular formula is C28H45N5. The molecule has 182 valence electrons. The Balaban J connectivity index is 0.000000464. The van der Waals surface area contributed by atoms with Gasteiger partial charge in [-0.2, -0.15) is 0 Å². The lowest BCUT2D eigenvalue weighted by molar-refractivity contribution is 0.335.